The number of rotatable bonds is 4. The maximum atomic E-state index is 4.34. The summed E-state index contributed by atoms with van der Waals surface area (Å²) in [5.74, 6) is 0. The molecular weight excluding hydrogens is 208 g/mol. The van der Waals surface area contributed by atoms with Gasteiger partial charge in [0.2, 0.25) is 0 Å². The Labute approximate surface area is 102 Å². The van der Waals surface area contributed by atoms with Crippen molar-refractivity contribution in [3.63, 3.8) is 0 Å². The Morgan fingerprint density at radius 1 is 1.12 bits per heavy atom. The van der Waals surface area contributed by atoms with Crippen LogP contribution >= 0.6 is 0 Å². The van der Waals surface area contributed by atoms with Crippen LogP contribution in [0.15, 0.2) is 71.5 Å². The number of benzene rings is 1. The molecule has 1 aliphatic carbocycles. The third-order valence-electron chi connectivity index (χ3n) is 2.41. The molecule has 0 atom stereocenters. The van der Waals surface area contributed by atoms with Gasteiger partial charge in [0.15, 0.2) is 0 Å². The Balaban J connectivity index is 1.80. The molecule has 0 bridgehead atoms. The van der Waals surface area contributed by atoms with E-state index in [-0.39, 0.29) is 0 Å². The van der Waals surface area contributed by atoms with Crippen LogP contribution in [-0.2, 0) is 0 Å². The fraction of sp³-hybridized carbons (Fsp3) is 0.133. The van der Waals surface area contributed by atoms with Crippen molar-refractivity contribution >= 4 is 11.9 Å². The summed E-state index contributed by atoms with van der Waals surface area (Å²) >= 11 is 0. The summed E-state index contributed by atoms with van der Waals surface area (Å²) < 4.78 is 0. The fourth-order valence-corrected chi connectivity index (χ4v) is 1.55. The minimum Gasteiger partial charge on any atom is -0.362 e. The molecule has 0 saturated carbocycles. The van der Waals surface area contributed by atoms with Crippen LogP contribution in [0.25, 0.3) is 0 Å². The van der Waals surface area contributed by atoms with Gasteiger partial charge in [0.1, 0.15) is 0 Å². The van der Waals surface area contributed by atoms with Crippen molar-refractivity contribution in [2.24, 2.45) is 4.99 Å². The highest BCUT2D eigenvalue weighted by molar-refractivity contribution is 5.73. The van der Waals surface area contributed by atoms with E-state index in [9.17, 15) is 0 Å². The summed E-state index contributed by atoms with van der Waals surface area (Å²) in [6, 6.07) is 10.0. The highest BCUT2D eigenvalue weighted by atomic mass is 14.8. The number of aliphatic imine (C=N–C) groups is 1. The summed E-state index contributed by atoms with van der Waals surface area (Å²) in [6.45, 7) is 0. The molecule has 0 heterocycles. The molecule has 1 aliphatic rings. The van der Waals surface area contributed by atoms with E-state index in [1.807, 2.05) is 42.6 Å². The first-order valence-corrected chi connectivity index (χ1v) is 5.83. The molecule has 0 amide bonds. The lowest BCUT2D eigenvalue weighted by atomic mass is 10.1. The molecular formula is C15H16N2. The third kappa shape index (κ3) is 4.11. The summed E-state index contributed by atoms with van der Waals surface area (Å²) in [5, 5.41) is 3.17. The SMILES string of the molecule is C1=CC(N=C/C=C/Nc2ccccc2)=CCC1. The minimum absolute atomic E-state index is 1.04. The van der Waals surface area contributed by atoms with Gasteiger partial charge in [0, 0.05) is 18.1 Å². The second kappa shape index (κ2) is 6.48. The van der Waals surface area contributed by atoms with Crippen molar-refractivity contribution in [3.05, 3.63) is 66.5 Å². The normalized spacial score (nSPS) is 15.4. The highest BCUT2D eigenvalue weighted by Crippen LogP contribution is 2.09. The van der Waals surface area contributed by atoms with Gasteiger partial charge in [-0.25, -0.2) is 0 Å². The van der Waals surface area contributed by atoms with Crippen LogP contribution in [0.4, 0.5) is 5.69 Å². The Morgan fingerprint density at radius 2 is 2.00 bits per heavy atom. The van der Waals surface area contributed by atoms with Crippen molar-refractivity contribution in [1.29, 1.82) is 0 Å². The van der Waals surface area contributed by atoms with E-state index in [2.05, 4.69) is 28.5 Å². The molecule has 1 aromatic rings. The average molecular weight is 224 g/mol. The van der Waals surface area contributed by atoms with Crippen molar-refractivity contribution in [2.45, 2.75) is 12.8 Å². The van der Waals surface area contributed by atoms with Crippen molar-refractivity contribution in [3.8, 4) is 0 Å². The maximum absolute atomic E-state index is 4.34. The Kier molecular flexibility index (Phi) is 4.35. The van der Waals surface area contributed by atoms with Crippen LogP contribution < -0.4 is 5.32 Å². The molecule has 86 valence electrons. The number of nitrogens with one attached hydrogen (secondary N) is 1. The van der Waals surface area contributed by atoms with Crippen LogP contribution in [0.5, 0.6) is 0 Å². The lowest BCUT2D eigenvalue weighted by Gasteiger charge is -1.99. The number of allylic oxidation sites excluding steroid dienone is 4. The van der Waals surface area contributed by atoms with Gasteiger partial charge in [-0.2, -0.15) is 0 Å². The van der Waals surface area contributed by atoms with E-state index in [1.54, 1.807) is 6.21 Å². The molecule has 0 aromatic heterocycles. The summed E-state index contributed by atoms with van der Waals surface area (Å²) in [4.78, 5) is 4.34. The zero-order valence-corrected chi connectivity index (χ0v) is 9.71. The highest BCUT2D eigenvalue weighted by Gasteiger charge is 1.91. The van der Waals surface area contributed by atoms with Crippen molar-refractivity contribution < 1.29 is 0 Å². The van der Waals surface area contributed by atoms with Gasteiger partial charge in [0.05, 0.1) is 5.70 Å². The Morgan fingerprint density at radius 3 is 2.76 bits per heavy atom. The molecule has 0 saturated heterocycles. The Bertz CT molecular complexity index is 453. The van der Waals surface area contributed by atoms with E-state index in [0.29, 0.717) is 0 Å². The predicted molar refractivity (Wildman–Crippen MR) is 74.2 cm³/mol. The van der Waals surface area contributed by atoms with E-state index in [1.165, 1.54) is 0 Å². The van der Waals surface area contributed by atoms with Gasteiger partial charge in [-0.15, -0.1) is 0 Å². The van der Waals surface area contributed by atoms with Crippen LogP contribution in [0.2, 0.25) is 0 Å². The monoisotopic (exact) mass is 224 g/mol. The first kappa shape index (κ1) is 11.4. The second-order valence-corrected chi connectivity index (χ2v) is 3.76. The largest absolute Gasteiger partial charge is 0.362 e. The van der Waals surface area contributed by atoms with Gasteiger partial charge >= 0.3 is 0 Å². The molecule has 1 aromatic carbocycles. The molecule has 0 fully saturated rings. The molecule has 0 spiro atoms. The number of anilines is 1. The first-order valence-electron chi connectivity index (χ1n) is 5.83. The molecule has 2 heteroatoms. The zero-order valence-electron chi connectivity index (χ0n) is 9.71. The van der Waals surface area contributed by atoms with Crippen molar-refractivity contribution in [1.82, 2.24) is 0 Å². The minimum atomic E-state index is 1.04. The first-order chi connectivity index (χ1) is 8.45. The number of hydrogen-bond donors (Lipinski definition) is 1. The summed E-state index contributed by atoms with van der Waals surface area (Å²) in [5.41, 5.74) is 2.12. The van der Waals surface area contributed by atoms with Gasteiger partial charge in [-0.3, -0.25) is 4.99 Å². The number of para-hydroxylation sites is 1. The van der Waals surface area contributed by atoms with E-state index in [4.69, 9.17) is 0 Å². The standard InChI is InChI=1S/C15H16N2/c1-3-8-14(9-4-1)16-12-7-13-17-15-10-5-2-6-11-15/h1,3-5,7-13,16H,2,6H2/b12-7+,17-13?. The van der Waals surface area contributed by atoms with Crippen molar-refractivity contribution in [2.75, 3.05) is 5.32 Å². The lowest BCUT2D eigenvalue weighted by molar-refractivity contribution is 1.01. The van der Waals surface area contributed by atoms with Crippen LogP contribution in [-0.4, -0.2) is 6.21 Å². The predicted octanol–water partition coefficient (Wildman–Crippen LogP) is 3.92. The molecule has 0 unspecified atom stereocenters. The molecule has 2 rings (SSSR count). The quantitative estimate of drug-likeness (QED) is 0.770. The number of hydrogen-bond acceptors (Lipinski definition) is 2. The van der Waals surface area contributed by atoms with Crippen LogP contribution in [0.1, 0.15) is 12.8 Å². The second-order valence-electron chi connectivity index (χ2n) is 3.76. The average Bonchev–Trinajstić information content (AvgIpc) is 2.41. The molecule has 1 N–H and O–H groups in total. The van der Waals surface area contributed by atoms with E-state index in [0.717, 1.165) is 24.2 Å². The smallest absolute Gasteiger partial charge is 0.0586 e. The van der Waals surface area contributed by atoms with Crippen LogP contribution in [0, 0.1) is 0 Å². The van der Waals surface area contributed by atoms with E-state index < -0.39 is 0 Å². The van der Waals surface area contributed by atoms with Gasteiger partial charge < -0.3 is 5.32 Å². The fourth-order valence-electron chi connectivity index (χ4n) is 1.55. The van der Waals surface area contributed by atoms with Crippen LogP contribution in [0.3, 0.4) is 0 Å². The van der Waals surface area contributed by atoms with Gasteiger partial charge in [-0.1, -0.05) is 30.4 Å². The topological polar surface area (TPSA) is 24.4 Å². The van der Waals surface area contributed by atoms with Gasteiger partial charge in [-0.05, 0) is 37.1 Å². The summed E-state index contributed by atoms with van der Waals surface area (Å²) in [7, 11) is 0. The van der Waals surface area contributed by atoms with E-state index >= 15 is 0 Å². The molecule has 0 aliphatic heterocycles. The number of nitrogens with zero attached hydrogens (tertiary/aromatic N) is 1. The van der Waals surface area contributed by atoms with Gasteiger partial charge in [0.25, 0.3) is 0 Å². The maximum Gasteiger partial charge on any atom is 0.0586 e. The lowest BCUT2D eigenvalue weighted by Crippen LogP contribution is -1.86. The molecule has 2 nitrogen and oxygen atoms in total. The third-order valence-corrected chi connectivity index (χ3v) is 2.41. The molecule has 17 heavy (non-hydrogen) atoms. The molecule has 0 radical (unpaired) electrons. The Hall–Kier alpha value is -2.09. The summed E-state index contributed by atoms with van der Waals surface area (Å²) in [6.07, 6.45) is 14.2. The zero-order chi connectivity index (χ0) is 11.8.